The van der Waals surface area contributed by atoms with E-state index in [9.17, 15) is 4.79 Å². The molecule has 1 saturated heterocycles. The molecule has 1 unspecified atom stereocenters. The average Bonchev–Trinajstić information content (AvgIpc) is 2.35. The monoisotopic (exact) mass is 319 g/mol. The maximum absolute atomic E-state index is 11.8. The van der Waals surface area contributed by atoms with Crippen molar-refractivity contribution < 1.29 is 14.3 Å². The van der Waals surface area contributed by atoms with Gasteiger partial charge in [-0.05, 0) is 34.1 Å². The van der Waals surface area contributed by atoms with Crippen molar-refractivity contribution in [2.24, 2.45) is 0 Å². The van der Waals surface area contributed by atoms with Gasteiger partial charge in [-0.1, -0.05) is 11.6 Å². The molecule has 0 radical (unpaired) electrons. The minimum absolute atomic E-state index is 0.209. The van der Waals surface area contributed by atoms with Gasteiger partial charge in [-0.25, -0.2) is 0 Å². The zero-order valence-corrected chi connectivity index (χ0v) is 11.3. The minimum atomic E-state index is -0.543. The third kappa shape index (κ3) is 3.42. The normalized spacial score (nSPS) is 20.0. The van der Waals surface area contributed by atoms with Crippen molar-refractivity contribution in [2.75, 3.05) is 25.1 Å². The fraction of sp³-hybridized carbons (Fsp3) is 0.364. The van der Waals surface area contributed by atoms with E-state index in [1.807, 2.05) is 0 Å². The van der Waals surface area contributed by atoms with Gasteiger partial charge in [-0.3, -0.25) is 4.79 Å². The highest BCUT2D eigenvalue weighted by molar-refractivity contribution is 9.10. The third-order valence-electron chi connectivity index (χ3n) is 2.30. The van der Waals surface area contributed by atoms with E-state index >= 15 is 0 Å². The maximum Gasteiger partial charge on any atom is 0.255 e. The van der Waals surface area contributed by atoms with E-state index in [0.717, 1.165) is 4.47 Å². The molecular formula is C11H11BrClNO3. The quantitative estimate of drug-likeness (QED) is 0.910. The topological polar surface area (TPSA) is 47.6 Å². The smallest absolute Gasteiger partial charge is 0.255 e. The van der Waals surface area contributed by atoms with Crippen LogP contribution in [-0.2, 0) is 14.3 Å². The van der Waals surface area contributed by atoms with Crippen molar-refractivity contribution in [2.45, 2.75) is 6.10 Å². The van der Waals surface area contributed by atoms with Crippen molar-refractivity contribution >= 4 is 39.1 Å². The Morgan fingerprint density at radius 1 is 1.47 bits per heavy atom. The van der Waals surface area contributed by atoms with Crippen LogP contribution in [0.1, 0.15) is 0 Å². The Balaban J connectivity index is 1.99. The molecule has 1 N–H and O–H groups in total. The SMILES string of the molecule is O=C(Nc1ccc(Cl)c(Br)c1)C1COCCO1. The number of carbonyl (C=O) groups is 1. The van der Waals surface area contributed by atoms with Crippen LogP contribution in [0, 0.1) is 0 Å². The van der Waals surface area contributed by atoms with E-state index in [1.54, 1.807) is 18.2 Å². The molecule has 1 heterocycles. The van der Waals surface area contributed by atoms with E-state index in [0.29, 0.717) is 30.5 Å². The highest BCUT2D eigenvalue weighted by Crippen LogP contribution is 2.25. The van der Waals surface area contributed by atoms with E-state index in [-0.39, 0.29) is 5.91 Å². The predicted octanol–water partition coefficient (Wildman–Crippen LogP) is 2.46. The molecule has 1 aromatic rings. The van der Waals surface area contributed by atoms with Gasteiger partial charge in [0.1, 0.15) is 0 Å². The Kier molecular flexibility index (Phi) is 4.39. The Labute approximate surface area is 112 Å². The van der Waals surface area contributed by atoms with Crippen molar-refractivity contribution in [3.05, 3.63) is 27.7 Å². The highest BCUT2D eigenvalue weighted by atomic mass is 79.9. The van der Waals surface area contributed by atoms with Gasteiger partial charge in [0.25, 0.3) is 5.91 Å². The van der Waals surface area contributed by atoms with Gasteiger partial charge in [0.05, 0.1) is 24.8 Å². The Hall–Kier alpha value is -0.620. The molecule has 0 aliphatic carbocycles. The van der Waals surface area contributed by atoms with Crippen LogP contribution in [-0.4, -0.2) is 31.8 Å². The Morgan fingerprint density at radius 3 is 2.94 bits per heavy atom. The Bertz CT molecular complexity index is 421. The number of nitrogens with one attached hydrogen (secondary N) is 1. The van der Waals surface area contributed by atoms with Gasteiger partial charge in [-0.2, -0.15) is 0 Å². The van der Waals surface area contributed by atoms with Crippen molar-refractivity contribution in [3.63, 3.8) is 0 Å². The number of halogens is 2. The van der Waals surface area contributed by atoms with Crippen LogP contribution in [0.2, 0.25) is 5.02 Å². The van der Waals surface area contributed by atoms with E-state index < -0.39 is 6.10 Å². The number of amides is 1. The molecule has 1 aliphatic heterocycles. The summed E-state index contributed by atoms with van der Waals surface area (Å²) in [5.41, 5.74) is 0.667. The lowest BCUT2D eigenvalue weighted by Crippen LogP contribution is -2.39. The summed E-state index contributed by atoms with van der Waals surface area (Å²) in [5, 5.41) is 3.34. The Morgan fingerprint density at radius 2 is 2.29 bits per heavy atom. The van der Waals surface area contributed by atoms with Crippen LogP contribution in [0.5, 0.6) is 0 Å². The summed E-state index contributed by atoms with van der Waals surface area (Å²) in [6.45, 7) is 1.28. The molecule has 1 amide bonds. The lowest BCUT2D eigenvalue weighted by molar-refractivity contribution is -0.142. The zero-order chi connectivity index (χ0) is 12.3. The molecular weight excluding hydrogens is 309 g/mol. The molecule has 1 fully saturated rings. The first kappa shape index (κ1) is 12.8. The van der Waals surface area contributed by atoms with Gasteiger partial charge >= 0.3 is 0 Å². The summed E-state index contributed by atoms with van der Waals surface area (Å²) in [6.07, 6.45) is -0.543. The second kappa shape index (κ2) is 5.82. The molecule has 1 atom stereocenters. The molecule has 0 aromatic heterocycles. The molecule has 92 valence electrons. The fourth-order valence-electron chi connectivity index (χ4n) is 1.44. The first-order valence-electron chi connectivity index (χ1n) is 5.12. The number of hydrogen-bond donors (Lipinski definition) is 1. The van der Waals surface area contributed by atoms with E-state index in [2.05, 4.69) is 21.2 Å². The molecule has 0 bridgehead atoms. The van der Waals surface area contributed by atoms with Crippen LogP contribution >= 0.6 is 27.5 Å². The second-order valence-electron chi connectivity index (χ2n) is 3.55. The molecule has 1 aliphatic rings. The molecule has 0 spiro atoms. The summed E-state index contributed by atoms with van der Waals surface area (Å²) in [6, 6.07) is 5.18. The molecule has 6 heteroatoms. The first-order chi connectivity index (χ1) is 8.16. The van der Waals surface area contributed by atoms with E-state index in [4.69, 9.17) is 21.1 Å². The van der Waals surface area contributed by atoms with Crippen LogP contribution < -0.4 is 5.32 Å². The van der Waals surface area contributed by atoms with Gasteiger partial charge in [0.15, 0.2) is 6.10 Å². The molecule has 0 saturated carbocycles. The molecule has 17 heavy (non-hydrogen) atoms. The maximum atomic E-state index is 11.8. The summed E-state index contributed by atoms with van der Waals surface area (Å²) in [7, 11) is 0. The second-order valence-corrected chi connectivity index (χ2v) is 4.81. The third-order valence-corrected chi connectivity index (χ3v) is 3.51. The molecule has 1 aromatic carbocycles. The zero-order valence-electron chi connectivity index (χ0n) is 8.91. The van der Waals surface area contributed by atoms with Crippen molar-refractivity contribution in [3.8, 4) is 0 Å². The molecule has 2 rings (SSSR count). The summed E-state index contributed by atoms with van der Waals surface area (Å²) in [5.74, 6) is -0.209. The van der Waals surface area contributed by atoms with E-state index in [1.165, 1.54) is 0 Å². The highest BCUT2D eigenvalue weighted by Gasteiger charge is 2.22. The van der Waals surface area contributed by atoms with Crippen molar-refractivity contribution in [1.82, 2.24) is 0 Å². The number of benzene rings is 1. The summed E-state index contributed by atoms with van der Waals surface area (Å²) in [4.78, 5) is 11.8. The lowest BCUT2D eigenvalue weighted by atomic mass is 10.3. The van der Waals surface area contributed by atoms with Crippen LogP contribution in [0.4, 0.5) is 5.69 Å². The number of hydrogen-bond acceptors (Lipinski definition) is 3. The number of anilines is 1. The fourth-order valence-corrected chi connectivity index (χ4v) is 1.93. The van der Waals surface area contributed by atoms with Gasteiger partial charge in [0.2, 0.25) is 0 Å². The summed E-state index contributed by atoms with van der Waals surface area (Å²) < 4.78 is 11.2. The molecule has 4 nitrogen and oxygen atoms in total. The number of rotatable bonds is 2. The van der Waals surface area contributed by atoms with Gasteiger partial charge in [-0.15, -0.1) is 0 Å². The van der Waals surface area contributed by atoms with Crippen molar-refractivity contribution in [1.29, 1.82) is 0 Å². The number of ether oxygens (including phenoxy) is 2. The average molecular weight is 321 g/mol. The largest absolute Gasteiger partial charge is 0.376 e. The first-order valence-corrected chi connectivity index (χ1v) is 6.29. The number of carbonyl (C=O) groups excluding carboxylic acids is 1. The standard InChI is InChI=1S/C11H11BrClNO3/c12-8-5-7(1-2-9(8)13)14-11(15)10-6-16-3-4-17-10/h1-2,5,10H,3-4,6H2,(H,14,15). The lowest BCUT2D eigenvalue weighted by Gasteiger charge is -2.22. The van der Waals surface area contributed by atoms with Gasteiger partial charge < -0.3 is 14.8 Å². The predicted molar refractivity (Wildman–Crippen MR) is 68.3 cm³/mol. The minimum Gasteiger partial charge on any atom is -0.376 e. The van der Waals surface area contributed by atoms with Crippen LogP contribution in [0.3, 0.4) is 0 Å². The summed E-state index contributed by atoms with van der Waals surface area (Å²) >= 11 is 9.15. The van der Waals surface area contributed by atoms with Crippen LogP contribution in [0.25, 0.3) is 0 Å². The van der Waals surface area contributed by atoms with Gasteiger partial charge in [0, 0.05) is 10.2 Å². The van der Waals surface area contributed by atoms with Crippen LogP contribution in [0.15, 0.2) is 22.7 Å².